The summed E-state index contributed by atoms with van der Waals surface area (Å²) in [5.74, 6) is 0.0535. The minimum Gasteiger partial charge on any atom is -0.382 e. The van der Waals surface area contributed by atoms with Gasteiger partial charge in [-0.05, 0) is 6.92 Å². The summed E-state index contributed by atoms with van der Waals surface area (Å²) in [6.45, 7) is 4.27. The van der Waals surface area contributed by atoms with Crippen LogP contribution in [0.5, 0.6) is 0 Å². The van der Waals surface area contributed by atoms with Crippen molar-refractivity contribution in [1.29, 1.82) is 0 Å². The molecule has 0 aliphatic carbocycles. The number of aromatic nitrogens is 2. The van der Waals surface area contributed by atoms with Gasteiger partial charge in [-0.2, -0.15) is 0 Å². The van der Waals surface area contributed by atoms with Crippen molar-refractivity contribution in [2.45, 2.75) is 13.0 Å². The molecule has 1 aromatic rings. The van der Waals surface area contributed by atoms with Crippen LogP contribution in [0.15, 0.2) is 12.4 Å². The van der Waals surface area contributed by atoms with Gasteiger partial charge >= 0.3 is 0 Å². The van der Waals surface area contributed by atoms with Crippen molar-refractivity contribution in [2.75, 3.05) is 25.4 Å². The molecule has 1 aromatic heterocycles. The largest absolute Gasteiger partial charge is 0.382 e. The molecule has 1 aliphatic rings. The maximum atomic E-state index is 12.1. The predicted molar refractivity (Wildman–Crippen MR) is 74.3 cm³/mol. The van der Waals surface area contributed by atoms with Crippen molar-refractivity contribution in [2.24, 2.45) is 0 Å². The van der Waals surface area contributed by atoms with Gasteiger partial charge in [0.1, 0.15) is 0 Å². The van der Waals surface area contributed by atoms with E-state index in [2.05, 4.69) is 15.3 Å². The van der Waals surface area contributed by atoms with E-state index in [-0.39, 0.29) is 48.3 Å². The highest BCUT2D eigenvalue weighted by molar-refractivity contribution is 5.96. The van der Waals surface area contributed by atoms with Crippen LogP contribution in [0.25, 0.3) is 0 Å². The third-order valence-corrected chi connectivity index (χ3v) is 2.69. The monoisotopic (exact) mass is 293 g/mol. The summed E-state index contributed by atoms with van der Waals surface area (Å²) in [4.78, 5) is 21.8. The fraction of sp³-hybridized carbons (Fsp3) is 0.500. The van der Waals surface area contributed by atoms with Gasteiger partial charge in [0, 0.05) is 38.1 Å². The van der Waals surface area contributed by atoms with E-state index in [1.54, 1.807) is 4.90 Å². The predicted octanol–water partition coefficient (Wildman–Crippen LogP) is 0.336. The van der Waals surface area contributed by atoms with E-state index in [0.717, 1.165) is 13.1 Å². The van der Waals surface area contributed by atoms with Gasteiger partial charge in [0.2, 0.25) is 0 Å². The molecule has 0 bridgehead atoms. The zero-order valence-corrected chi connectivity index (χ0v) is 11.6. The Morgan fingerprint density at radius 3 is 2.72 bits per heavy atom. The van der Waals surface area contributed by atoms with E-state index in [9.17, 15) is 4.79 Å². The molecule has 18 heavy (non-hydrogen) atoms. The molecule has 0 spiro atoms. The third kappa shape index (κ3) is 3.44. The van der Waals surface area contributed by atoms with Crippen molar-refractivity contribution < 1.29 is 4.79 Å². The Morgan fingerprint density at radius 1 is 1.44 bits per heavy atom. The molecule has 1 amide bonds. The number of piperazine rings is 1. The van der Waals surface area contributed by atoms with E-state index in [4.69, 9.17) is 5.73 Å². The third-order valence-electron chi connectivity index (χ3n) is 2.69. The van der Waals surface area contributed by atoms with E-state index in [1.165, 1.54) is 12.4 Å². The molecule has 1 aliphatic heterocycles. The smallest absolute Gasteiger partial charge is 0.276 e. The van der Waals surface area contributed by atoms with Crippen molar-refractivity contribution in [1.82, 2.24) is 20.2 Å². The summed E-state index contributed by atoms with van der Waals surface area (Å²) in [6, 6.07) is 0.155. The molecular weight excluding hydrogens is 277 g/mol. The van der Waals surface area contributed by atoms with Crippen molar-refractivity contribution in [3.63, 3.8) is 0 Å². The number of halogens is 2. The van der Waals surface area contributed by atoms with Gasteiger partial charge < -0.3 is 16.0 Å². The van der Waals surface area contributed by atoms with Crippen LogP contribution in [0, 0.1) is 0 Å². The zero-order chi connectivity index (χ0) is 11.5. The standard InChI is InChI=1S/C10H15N5O.2ClH/c1-7-6-12-4-5-15(7)10(16)8-9(11)14-3-2-13-8;;/h2-3,7,12H,4-6H2,1H3,(H2,11,14);2*1H/t7-;;/m1../s1. The summed E-state index contributed by atoms with van der Waals surface area (Å²) < 4.78 is 0. The fourth-order valence-electron chi connectivity index (χ4n) is 1.79. The number of nitrogens with zero attached hydrogens (tertiary/aromatic N) is 3. The van der Waals surface area contributed by atoms with Gasteiger partial charge in [0.15, 0.2) is 11.5 Å². The van der Waals surface area contributed by atoms with Gasteiger partial charge in [-0.1, -0.05) is 0 Å². The number of nitrogen functional groups attached to an aromatic ring is 1. The van der Waals surface area contributed by atoms with Gasteiger partial charge in [0.25, 0.3) is 5.91 Å². The first kappa shape index (κ1) is 16.9. The molecule has 0 aromatic carbocycles. The van der Waals surface area contributed by atoms with Crippen molar-refractivity contribution in [3.8, 4) is 0 Å². The van der Waals surface area contributed by atoms with Crippen molar-refractivity contribution >= 4 is 36.5 Å². The Morgan fingerprint density at radius 2 is 2.11 bits per heavy atom. The minimum absolute atomic E-state index is 0. The Bertz CT molecular complexity index is 404. The molecule has 1 atom stereocenters. The number of hydrogen-bond acceptors (Lipinski definition) is 5. The molecule has 0 unspecified atom stereocenters. The van der Waals surface area contributed by atoms with Gasteiger partial charge in [-0.25, -0.2) is 9.97 Å². The molecule has 2 rings (SSSR count). The van der Waals surface area contributed by atoms with Crippen LogP contribution in [0.2, 0.25) is 0 Å². The maximum Gasteiger partial charge on any atom is 0.276 e. The van der Waals surface area contributed by atoms with E-state index < -0.39 is 0 Å². The molecule has 0 saturated carbocycles. The molecule has 6 nitrogen and oxygen atoms in total. The number of nitrogens with one attached hydrogen (secondary N) is 1. The van der Waals surface area contributed by atoms with Gasteiger partial charge in [-0.15, -0.1) is 24.8 Å². The van der Waals surface area contributed by atoms with E-state index in [0.29, 0.717) is 6.54 Å². The molecule has 8 heteroatoms. The Kier molecular flexibility index (Phi) is 6.90. The first-order chi connectivity index (χ1) is 7.70. The topological polar surface area (TPSA) is 84.1 Å². The average Bonchev–Trinajstić information content (AvgIpc) is 2.29. The molecule has 1 fully saturated rings. The van der Waals surface area contributed by atoms with E-state index >= 15 is 0 Å². The molecule has 3 N–H and O–H groups in total. The second-order valence-electron chi connectivity index (χ2n) is 3.84. The average molecular weight is 294 g/mol. The summed E-state index contributed by atoms with van der Waals surface area (Å²) >= 11 is 0. The van der Waals surface area contributed by atoms with Crippen molar-refractivity contribution in [3.05, 3.63) is 18.1 Å². The second-order valence-corrected chi connectivity index (χ2v) is 3.84. The summed E-state index contributed by atoms with van der Waals surface area (Å²) in [6.07, 6.45) is 2.96. The van der Waals surface area contributed by atoms with E-state index in [1.807, 2.05) is 6.92 Å². The summed E-state index contributed by atoms with van der Waals surface area (Å²) in [7, 11) is 0. The number of anilines is 1. The highest BCUT2D eigenvalue weighted by Gasteiger charge is 2.26. The Balaban J connectivity index is 0.00000144. The quantitative estimate of drug-likeness (QED) is 0.780. The van der Waals surface area contributed by atoms with Crippen LogP contribution in [-0.4, -0.2) is 46.5 Å². The SMILES string of the molecule is C[C@@H]1CNCCN1C(=O)c1nccnc1N.Cl.Cl. The fourth-order valence-corrected chi connectivity index (χ4v) is 1.79. The van der Waals surface area contributed by atoms with Gasteiger partial charge in [0.05, 0.1) is 0 Å². The number of nitrogens with two attached hydrogens (primary N) is 1. The van der Waals surface area contributed by atoms with Crippen LogP contribution < -0.4 is 11.1 Å². The van der Waals surface area contributed by atoms with Crippen LogP contribution in [0.3, 0.4) is 0 Å². The van der Waals surface area contributed by atoms with Crippen LogP contribution in [0.1, 0.15) is 17.4 Å². The van der Waals surface area contributed by atoms with Crippen LogP contribution in [-0.2, 0) is 0 Å². The Hall–Kier alpha value is -1.11. The number of amides is 1. The molecule has 0 radical (unpaired) electrons. The molecule has 1 saturated heterocycles. The molecule has 2 heterocycles. The highest BCUT2D eigenvalue weighted by atomic mass is 35.5. The lowest BCUT2D eigenvalue weighted by Crippen LogP contribution is -2.52. The maximum absolute atomic E-state index is 12.1. The van der Waals surface area contributed by atoms with Crippen LogP contribution >= 0.6 is 24.8 Å². The normalized spacial score (nSPS) is 18.5. The lowest BCUT2D eigenvalue weighted by Gasteiger charge is -2.33. The van der Waals surface area contributed by atoms with Crippen LogP contribution in [0.4, 0.5) is 5.82 Å². The zero-order valence-electron chi connectivity index (χ0n) is 10.00. The van der Waals surface area contributed by atoms with Gasteiger partial charge in [-0.3, -0.25) is 4.79 Å². The lowest BCUT2D eigenvalue weighted by atomic mass is 10.2. The molecule has 102 valence electrons. The second kappa shape index (κ2) is 7.35. The number of hydrogen-bond donors (Lipinski definition) is 2. The summed E-state index contributed by atoms with van der Waals surface area (Å²) in [5.41, 5.74) is 5.88. The first-order valence-corrected chi connectivity index (χ1v) is 5.28. The number of carbonyl (C=O) groups is 1. The number of rotatable bonds is 1. The molecular formula is C10H17Cl2N5O. The number of carbonyl (C=O) groups excluding carboxylic acids is 1. The first-order valence-electron chi connectivity index (χ1n) is 5.28. The minimum atomic E-state index is -0.139. The summed E-state index contributed by atoms with van der Waals surface area (Å²) in [5, 5.41) is 3.22. The highest BCUT2D eigenvalue weighted by Crippen LogP contribution is 2.11. The Labute approximate surface area is 118 Å². The lowest BCUT2D eigenvalue weighted by molar-refractivity contribution is 0.0650.